The van der Waals surface area contributed by atoms with Gasteiger partial charge in [-0.05, 0) is 88.8 Å². The number of hydrogen-bond donors (Lipinski definition) is 1. The highest BCUT2D eigenvalue weighted by Gasteiger charge is 2.45. The quantitative estimate of drug-likeness (QED) is 0.280. The number of benzene rings is 2. The predicted molar refractivity (Wildman–Crippen MR) is 144 cm³/mol. The molecule has 1 atom stereocenters. The van der Waals surface area contributed by atoms with Crippen molar-refractivity contribution in [1.29, 1.82) is 0 Å². The minimum Gasteiger partial charge on any atom is -0.507 e. The Kier molecular flexibility index (Phi) is 8.54. The summed E-state index contributed by atoms with van der Waals surface area (Å²) >= 11 is 0. The van der Waals surface area contributed by atoms with Crippen LogP contribution >= 0.6 is 0 Å². The third kappa shape index (κ3) is 5.62. The second-order valence-electron chi connectivity index (χ2n) is 9.79. The van der Waals surface area contributed by atoms with Crippen LogP contribution in [0.4, 0.5) is 0 Å². The molecule has 2 heterocycles. The van der Waals surface area contributed by atoms with Gasteiger partial charge in [0.15, 0.2) is 0 Å². The van der Waals surface area contributed by atoms with Gasteiger partial charge in [0.1, 0.15) is 11.5 Å². The van der Waals surface area contributed by atoms with Crippen molar-refractivity contribution in [2.24, 2.45) is 0 Å². The molecule has 0 saturated carbocycles. The van der Waals surface area contributed by atoms with Crippen molar-refractivity contribution < 1.29 is 27.9 Å². The van der Waals surface area contributed by atoms with Crippen LogP contribution in [0, 0.1) is 0 Å². The predicted octanol–water partition coefficient (Wildman–Crippen LogP) is 3.24. The van der Waals surface area contributed by atoms with Gasteiger partial charge in [0.25, 0.3) is 11.7 Å². The molecular formula is C28H35N3O6S. The maximum atomic E-state index is 13.2. The molecule has 2 fully saturated rings. The number of likely N-dealkylation sites (tertiary alicyclic amines) is 1. The van der Waals surface area contributed by atoms with Crippen molar-refractivity contribution in [2.45, 2.75) is 37.1 Å². The number of amides is 1. The summed E-state index contributed by atoms with van der Waals surface area (Å²) in [4.78, 5) is 30.0. The Morgan fingerprint density at radius 1 is 1.03 bits per heavy atom. The second-order valence-corrected chi connectivity index (χ2v) is 11.7. The number of carbonyl (C=O) groups excluding carboxylic acids is 2. The Bertz CT molecular complexity index is 1300. The number of nitrogens with zero attached hydrogens (tertiary/aromatic N) is 3. The molecule has 1 unspecified atom stereocenters. The molecule has 0 aliphatic carbocycles. The van der Waals surface area contributed by atoms with Crippen LogP contribution in [0.15, 0.2) is 59.0 Å². The lowest BCUT2D eigenvalue weighted by Gasteiger charge is -2.26. The Hall–Kier alpha value is -3.21. The number of Topliss-reactive ketones (excluding diaryl/α,β-unsaturated/α-hetero) is 1. The molecule has 10 heteroatoms. The third-order valence-corrected chi connectivity index (χ3v) is 8.79. The molecule has 9 nitrogen and oxygen atoms in total. The number of aliphatic hydroxyl groups excluding tert-OH is 1. The lowest BCUT2D eigenvalue weighted by molar-refractivity contribution is -0.139. The molecule has 2 aliphatic rings. The molecule has 2 aromatic rings. The summed E-state index contributed by atoms with van der Waals surface area (Å²) in [6.07, 6.45) is 2.31. The van der Waals surface area contributed by atoms with Crippen LogP contribution in [0.25, 0.3) is 5.76 Å². The highest BCUT2D eigenvalue weighted by molar-refractivity contribution is 7.89. The molecule has 0 radical (unpaired) electrons. The molecule has 0 bridgehead atoms. The first-order chi connectivity index (χ1) is 18.1. The molecule has 204 valence electrons. The zero-order valence-electron chi connectivity index (χ0n) is 22.1. The monoisotopic (exact) mass is 541 g/mol. The zero-order chi connectivity index (χ0) is 27.4. The summed E-state index contributed by atoms with van der Waals surface area (Å²) < 4.78 is 32.8. The van der Waals surface area contributed by atoms with E-state index in [-0.39, 0.29) is 21.8 Å². The molecule has 2 aromatic carbocycles. The van der Waals surface area contributed by atoms with Crippen molar-refractivity contribution in [3.05, 3.63) is 65.2 Å². The number of sulfonamides is 1. The van der Waals surface area contributed by atoms with Gasteiger partial charge in [-0.15, -0.1) is 0 Å². The van der Waals surface area contributed by atoms with Crippen LogP contribution in [-0.2, 0) is 19.6 Å². The Balaban J connectivity index is 1.72. The highest BCUT2D eigenvalue weighted by Crippen LogP contribution is 2.40. The van der Waals surface area contributed by atoms with Crippen LogP contribution in [0.2, 0.25) is 0 Å². The van der Waals surface area contributed by atoms with Gasteiger partial charge in [-0.2, -0.15) is 4.31 Å². The molecular weight excluding hydrogens is 506 g/mol. The minimum absolute atomic E-state index is 0.0147. The fourth-order valence-corrected chi connectivity index (χ4v) is 6.46. The van der Waals surface area contributed by atoms with Crippen LogP contribution in [-0.4, -0.2) is 86.2 Å². The molecule has 1 N–H and O–H groups in total. The van der Waals surface area contributed by atoms with Gasteiger partial charge in [-0.3, -0.25) is 9.59 Å². The van der Waals surface area contributed by atoms with Crippen LogP contribution in [0.3, 0.4) is 0 Å². The number of ether oxygens (including phenoxy) is 1. The van der Waals surface area contributed by atoms with E-state index in [0.29, 0.717) is 44.0 Å². The number of carbonyl (C=O) groups is 2. The van der Waals surface area contributed by atoms with Crippen LogP contribution in [0.5, 0.6) is 5.75 Å². The maximum Gasteiger partial charge on any atom is 0.295 e. The highest BCUT2D eigenvalue weighted by atomic mass is 32.2. The minimum atomic E-state index is -3.62. The van der Waals surface area contributed by atoms with E-state index in [0.717, 1.165) is 19.4 Å². The van der Waals surface area contributed by atoms with E-state index in [9.17, 15) is 23.1 Å². The van der Waals surface area contributed by atoms with E-state index < -0.39 is 27.8 Å². The van der Waals surface area contributed by atoms with Crippen molar-refractivity contribution in [3.63, 3.8) is 0 Å². The number of ketones is 1. The summed E-state index contributed by atoms with van der Waals surface area (Å²) in [5.74, 6) is -1.10. The number of hydrogen-bond acceptors (Lipinski definition) is 7. The van der Waals surface area contributed by atoms with E-state index in [2.05, 4.69) is 0 Å². The van der Waals surface area contributed by atoms with Crippen molar-refractivity contribution in [1.82, 2.24) is 14.1 Å². The normalized spacial score (nSPS) is 20.0. The molecule has 38 heavy (non-hydrogen) atoms. The number of aliphatic hydroxyl groups is 1. The van der Waals surface area contributed by atoms with Crippen molar-refractivity contribution in [3.8, 4) is 5.75 Å². The molecule has 1 amide bonds. The van der Waals surface area contributed by atoms with Gasteiger partial charge in [0.2, 0.25) is 10.0 Å². The van der Waals surface area contributed by atoms with E-state index in [1.165, 1.54) is 33.5 Å². The van der Waals surface area contributed by atoms with Gasteiger partial charge in [0.05, 0.1) is 23.1 Å². The summed E-state index contributed by atoms with van der Waals surface area (Å²) in [5.41, 5.74) is 0.930. The molecule has 2 aliphatic heterocycles. The summed E-state index contributed by atoms with van der Waals surface area (Å²) in [6.45, 7) is 4.43. The lowest BCUT2D eigenvalue weighted by atomic mass is 9.95. The van der Waals surface area contributed by atoms with E-state index in [1.54, 1.807) is 24.3 Å². The molecule has 0 aromatic heterocycles. The second kappa shape index (κ2) is 11.7. The molecule has 0 spiro atoms. The number of rotatable bonds is 10. The van der Waals surface area contributed by atoms with Gasteiger partial charge in [-0.1, -0.05) is 12.1 Å². The average Bonchev–Trinajstić information content (AvgIpc) is 3.53. The Morgan fingerprint density at radius 2 is 1.66 bits per heavy atom. The SMILES string of the molecule is CCOc1ccc(C2/C(=C(/O)c3ccc(S(=O)(=O)N4CCCC4)cc3)C(=O)C(=O)N2CCCN(C)C)cc1. The fraction of sp³-hybridized carbons (Fsp3) is 0.429. The topological polar surface area (TPSA) is 107 Å². The van der Waals surface area contributed by atoms with E-state index >= 15 is 0 Å². The van der Waals surface area contributed by atoms with E-state index in [4.69, 9.17) is 4.74 Å². The van der Waals surface area contributed by atoms with Gasteiger partial charge < -0.3 is 19.6 Å². The Morgan fingerprint density at radius 3 is 2.24 bits per heavy atom. The lowest BCUT2D eigenvalue weighted by Crippen LogP contribution is -2.32. The Labute approximate surface area is 224 Å². The molecule has 2 saturated heterocycles. The van der Waals surface area contributed by atoms with E-state index in [1.807, 2.05) is 25.9 Å². The summed E-state index contributed by atoms with van der Waals surface area (Å²) in [5, 5.41) is 11.3. The average molecular weight is 542 g/mol. The fourth-order valence-electron chi connectivity index (χ4n) is 4.95. The first-order valence-electron chi connectivity index (χ1n) is 12.9. The standard InChI is InChI=1S/C28H35N3O6S/c1-4-37-22-12-8-20(9-13-22)25-24(27(33)28(34)31(25)19-7-16-29(2)3)26(32)21-10-14-23(15-11-21)38(35,36)30-17-5-6-18-30/h8-15,25,32H,4-7,16-19H2,1-3H3/b26-24-. The van der Waals surface area contributed by atoms with Crippen LogP contribution < -0.4 is 4.74 Å². The summed E-state index contributed by atoms with van der Waals surface area (Å²) in [7, 11) is 0.254. The first kappa shape index (κ1) is 27.8. The molecule has 4 rings (SSSR count). The summed E-state index contributed by atoms with van der Waals surface area (Å²) in [6, 6.07) is 12.2. The third-order valence-electron chi connectivity index (χ3n) is 6.88. The maximum absolute atomic E-state index is 13.2. The largest absolute Gasteiger partial charge is 0.507 e. The van der Waals surface area contributed by atoms with Gasteiger partial charge in [0, 0.05) is 25.2 Å². The van der Waals surface area contributed by atoms with Gasteiger partial charge >= 0.3 is 0 Å². The zero-order valence-corrected chi connectivity index (χ0v) is 22.9. The van der Waals surface area contributed by atoms with Crippen LogP contribution in [0.1, 0.15) is 43.4 Å². The van der Waals surface area contributed by atoms with Gasteiger partial charge in [-0.25, -0.2) is 8.42 Å². The van der Waals surface area contributed by atoms with Crippen molar-refractivity contribution in [2.75, 3.05) is 46.9 Å². The van der Waals surface area contributed by atoms with Crippen molar-refractivity contribution >= 4 is 27.5 Å². The smallest absolute Gasteiger partial charge is 0.295 e. The first-order valence-corrected chi connectivity index (χ1v) is 14.4.